The molecule has 0 bridgehead atoms. The Morgan fingerprint density at radius 3 is 1.61 bits per heavy atom. The Morgan fingerprint density at radius 1 is 0.449 bits per heavy atom. The highest BCUT2D eigenvalue weighted by molar-refractivity contribution is 6.21. The Kier molecular flexibility index (Phi) is 6.63. The van der Waals surface area contributed by atoms with Crippen molar-refractivity contribution in [3.05, 3.63) is 169 Å². The maximum absolute atomic E-state index is 13.6. The van der Waals surface area contributed by atoms with Crippen LogP contribution in [0.4, 0.5) is 13.2 Å². The number of imidazole rings is 1. The molecule has 1 heterocycles. The Morgan fingerprint density at radius 2 is 0.980 bits per heavy atom. The summed E-state index contributed by atoms with van der Waals surface area (Å²) >= 11 is 0. The van der Waals surface area contributed by atoms with Crippen LogP contribution in [0, 0.1) is 0 Å². The summed E-state index contributed by atoms with van der Waals surface area (Å²) in [5, 5.41) is 7.03. The average Bonchev–Trinajstić information content (AvgIpc) is 3.53. The van der Waals surface area contributed by atoms with Crippen LogP contribution in [0.5, 0.6) is 0 Å². The molecule has 0 radical (unpaired) electrons. The lowest BCUT2D eigenvalue weighted by Crippen LogP contribution is -2.04. The summed E-state index contributed by atoms with van der Waals surface area (Å²) in [5.74, 6) is 0.577. The van der Waals surface area contributed by atoms with Crippen LogP contribution >= 0.6 is 0 Å². The number of hydrogen-bond donors (Lipinski definition) is 0. The van der Waals surface area contributed by atoms with Crippen LogP contribution in [0.2, 0.25) is 0 Å². The van der Waals surface area contributed by atoms with Gasteiger partial charge in [-0.3, -0.25) is 4.57 Å². The lowest BCUT2D eigenvalue weighted by atomic mass is 9.85. The minimum atomic E-state index is -4.46. The average molecular weight is 641 g/mol. The van der Waals surface area contributed by atoms with Crippen molar-refractivity contribution in [3.8, 4) is 39.3 Å². The smallest absolute Gasteiger partial charge is 0.292 e. The molecule has 0 saturated carbocycles. The number of hydrogen-bond acceptors (Lipinski definition) is 1. The maximum Gasteiger partial charge on any atom is 0.416 e. The molecule has 8 aromatic carbocycles. The van der Waals surface area contributed by atoms with Crippen molar-refractivity contribution in [2.24, 2.45) is 0 Å². The summed E-state index contributed by atoms with van der Waals surface area (Å²) in [4.78, 5) is 4.77. The molecule has 0 saturated heterocycles. The molecular weight excluding hydrogens is 613 g/mol. The molecule has 0 aliphatic carbocycles. The van der Waals surface area contributed by atoms with Crippen LogP contribution < -0.4 is 0 Å². The molecule has 1 aromatic heterocycles. The first-order valence-corrected chi connectivity index (χ1v) is 16.1. The predicted molar refractivity (Wildman–Crippen MR) is 195 cm³/mol. The summed E-state index contributed by atoms with van der Waals surface area (Å²) in [6.07, 6.45) is -4.46. The van der Waals surface area contributed by atoms with Gasteiger partial charge in [-0.2, -0.15) is 13.2 Å². The first-order chi connectivity index (χ1) is 23.9. The molecule has 49 heavy (non-hydrogen) atoms. The van der Waals surface area contributed by atoms with Crippen molar-refractivity contribution >= 4 is 43.4 Å². The van der Waals surface area contributed by atoms with Crippen LogP contribution in [0.1, 0.15) is 5.56 Å². The van der Waals surface area contributed by atoms with Gasteiger partial charge < -0.3 is 0 Å². The molecule has 0 N–H and O–H groups in total. The van der Waals surface area contributed by atoms with E-state index in [0.717, 1.165) is 45.3 Å². The SMILES string of the molecule is FC(F)(F)c1ccc2c(c1)nc(-c1ccc(-c3c4ccccc4c(-c4ccc5ccccc5c4)c4ccccc34)cc1)n2-c1ccccc1. The highest BCUT2D eigenvalue weighted by Gasteiger charge is 2.31. The van der Waals surface area contributed by atoms with Crippen LogP contribution in [0.15, 0.2) is 164 Å². The van der Waals surface area contributed by atoms with Gasteiger partial charge in [-0.05, 0) is 91.0 Å². The van der Waals surface area contributed by atoms with E-state index in [1.807, 2.05) is 47.0 Å². The van der Waals surface area contributed by atoms with Crippen molar-refractivity contribution < 1.29 is 13.2 Å². The van der Waals surface area contributed by atoms with E-state index < -0.39 is 11.7 Å². The molecule has 0 fully saturated rings. The molecule has 2 nitrogen and oxygen atoms in total. The van der Waals surface area contributed by atoms with E-state index in [2.05, 4.69) is 103 Å². The van der Waals surface area contributed by atoms with E-state index >= 15 is 0 Å². The fraction of sp³-hybridized carbons (Fsp3) is 0.0227. The molecule has 9 rings (SSSR count). The number of benzene rings is 8. The lowest BCUT2D eigenvalue weighted by molar-refractivity contribution is -0.137. The summed E-state index contributed by atoms with van der Waals surface area (Å²) < 4.78 is 42.9. The second kappa shape index (κ2) is 11.2. The molecule has 0 amide bonds. The molecule has 0 spiro atoms. The molecule has 0 aliphatic heterocycles. The monoisotopic (exact) mass is 640 g/mol. The van der Waals surface area contributed by atoms with Gasteiger partial charge in [0.25, 0.3) is 0 Å². The summed E-state index contributed by atoms with van der Waals surface area (Å²) in [6.45, 7) is 0. The minimum Gasteiger partial charge on any atom is -0.292 e. The highest BCUT2D eigenvalue weighted by atomic mass is 19.4. The summed E-state index contributed by atoms with van der Waals surface area (Å²) in [5.41, 5.74) is 6.36. The molecule has 0 unspecified atom stereocenters. The van der Waals surface area contributed by atoms with E-state index in [4.69, 9.17) is 4.98 Å². The normalized spacial score (nSPS) is 12.0. The third kappa shape index (κ3) is 4.85. The third-order valence-electron chi connectivity index (χ3n) is 9.40. The van der Waals surface area contributed by atoms with Gasteiger partial charge in [0.05, 0.1) is 16.6 Å². The van der Waals surface area contributed by atoms with Gasteiger partial charge in [-0.15, -0.1) is 0 Å². The van der Waals surface area contributed by atoms with E-state index in [1.54, 1.807) is 0 Å². The van der Waals surface area contributed by atoms with Gasteiger partial charge in [0.2, 0.25) is 0 Å². The Labute approximate surface area is 280 Å². The summed E-state index contributed by atoms with van der Waals surface area (Å²) in [7, 11) is 0. The number of nitrogens with zero attached hydrogens (tertiary/aromatic N) is 2. The molecular formula is C44H27F3N2. The van der Waals surface area contributed by atoms with Gasteiger partial charge in [-0.1, -0.05) is 127 Å². The van der Waals surface area contributed by atoms with Crippen molar-refractivity contribution in [1.82, 2.24) is 9.55 Å². The van der Waals surface area contributed by atoms with Crippen LogP contribution in [-0.4, -0.2) is 9.55 Å². The third-order valence-corrected chi connectivity index (χ3v) is 9.40. The van der Waals surface area contributed by atoms with Gasteiger partial charge in [0.15, 0.2) is 0 Å². The van der Waals surface area contributed by atoms with Crippen molar-refractivity contribution in [2.45, 2.75) is 6.18 Å². The van der Waals surface area contributed by atoms with Gasteiger partial charge >= 0.3 is 6.18 Å². The van der Waals surface area contributed by atoms with Crippen molar-refractivity contribution in [1.29, 1.82) is 0 Å². The van der Waals surface area contributed by atoms with Crippen molar-refractivity contribution in [2.75, 3.05) is 0 Å². The van der Waals surface area contributed by atoms with E-state index in [9.17, 15) is 13.2 Å². The first-order valence-electron chi connectivity index (χ1n) is 16.1. The zero-order valence-electron chi connectivity index (χ0n) is 26.1. The van der Waals surface area contributed by atoms with Crippen molar-refractivity contribution in [3.63, 3.8) is 0 Å². The summed E-state index contributed by atoms with van der Waals surface area (Å²) in [6, 6.07) is 53.8. The Balaban J connectivity index is 1.23. The second-order valence-electron chi connectivity index (χ2n) is 12.3. The zero-order chi connectivity index (χ0) is 33.1. The molecule has 0 aliphatic rings. The number of halogens is 3. The maximum atomic E-state index is 13.6. The largest absolute Gasteiger partial charge is 0.416 e. The molecule has 5 heteroatoms. The van der Waals surface area contributed by atoms with Gasteiger partial charge in [0, 0.05) is 11.3 Å². The minimum absolute atomic E-state index is 0.291. The quantitative estimate of drug-likeness (QED) is 0.175. The van der Waals surface area contributed by atoms with E-state index in [1.165, 1.54) is 38.7 Å². The number of aromatic nitrogens is 2. The van der Waals surface area contributed by atoms with Crippen LogP contribution in [0.3, 0.4) is 0 Å². The fourth-order valence-corrected chi connectivity index (χ4v) is 7.17. The van der Waals surface area contributed by atoms with E-state index in [0.29, 0.717) is 16.9 Å². The van der Waals surface area contributed by atoms with Crippen LogP contribution in [0.25, 0.3) is 82.7 Å². The Bertz CT molecular complexity index is 2630. The van der Waals surface area contributed by atoms with E-state index in [-0.39, 0.29) is 0 Å². The lowest BCUT2D eigenvalue weighted by Gasteiger charge is -2.18. The molecule has 9 aromatic rings. The predicted octanol–water partition coefficient (Wildman–Crippen LogP) is 12.5. The van der Waals surface area contributed by atoms with Crippen LogP contribution in [-0.2, 0) is 6.18 Å². The zero-order valence-corrected chi connectivity index (χ0v) is 26.1. The second-order valence-corrected chi connectivity index (χ2v) is 12.3. The number of rotatable bonds is 4. The topological polar surface area (TPSA) is 17.8 Å². The Hall–Kier alpha value is -6.20. The number of para-hydroxylation sites is 1. The molecule has 0 atom stereocenters. The number of alkyl halides is 3. The fourth-order valence-electron chi connectivity index (χ4n) is 7.17. The van der Waals surface area contributed by atoms with Gasteiger partial charge in [-0.25, -0.2) is 4.98 Å². The number of fused-ring (bicyclic) bond motifs is 4. The van der Waals surface area contributed by atoms with Gasteiger partial charge in [0.1, 0.15) is 5.82 Å². The first kappa shape index (κ1) is 29.0. The highest BCUT2D eigenvalue weighted by Crippen LogP contribution is 2.44. The standard InChI is InChI=1S/C44H27F3N2/c45-44(46,47)33-24-25-40-39(27-33)48-43(49(40)34-12-2-1-3-13-34)30-21-19-29(20-22-30)41-35-14-6-8-16-37(35)42(38-17-9-7-15-36(38)41)32-23-18-28-10-4-5-11-31(28)26-32/h1-27H. The molecule has 234 valence electrons.